The van der Waals surface area contributed by atoms with Crippen LogP contribution in [0.1, 0.15) is 30.7 Å². The van der Waals surface area contributed by atoms with Crippen molar-refractivity contribution in [3.05, 3.63) is 42.2 Å². The van der Waals surface area contributed by atoms with Crippen LogP contribution >= 0.6 is 0 Å². The number of hydrogen-bond acceptors (Lipinski definition) is 4. The van der Waals surface area contributed by atoms with E-state index in [-0.39, 0.29) is 5.75 Å². The predicted octanol–water partition coefficient (Wildman–Crippen LogP) is 3.24. The van der Waals surface area contributed by atoms with Crippen molar-refractivity contribution in [1.29, 1.82) is 0 Å². The van der Waals surface area contributed by atoms with Crippen LogP contribution in [0.15, 0.2) is 36.7 Å². The van der Waals surface area contributed by atoms with Gasteiger partial charge in [-0.3, -0.25) is 0 Å². The normalized spacial score (nSPS) is 27.0. The minimum atomic E-state index is -4.64. The van der Waals surface area contributed by atoms with E-state index in [1.165, 1.54) is 25.0 Å². The molecule has 2 unspecified atom stereocenters. The molecule has 2 aliphatic heterocycles. The Kier molecular flexibility index (Phi) is 4.27. The second-order valence-electron chi connectivity index (χ2n) is 7.06. The monoisotopic (exact) mass is 353 g/mol. The molecule has 7 heteroatoms. The molecule has 0 aromatic heterocycles. The van der Waals surface area contributed by atoms with Crippen LogP contribution in [0.5, 0.6) is 5.75 Å². The van der Waals surface area contributed by atoms with Crippen molar-refractivity contribution in [1.82, 2.24) is 15.1 Å². The molecule has 2 fully saturated rings. The van der Waals surface area contributed by atoms with Gasteiger partial charge in [0.2, 0.25) is 0 Å². The van der Waals surface area contributed by atoms with Gasteiger partial charge in [0.1, 0.15) is 5.75 Å². The van der Waals surface area contributed by atoms with Gasteiger partial charge in [0.25, 0.3) is 0 Å². The molecule has 0 amide bonds. The minimum absolute atomic E-state index is 0.167. The van der Waals surface area contributed by atoms with E-state index >= 15 is 0 Å². The Morgan fingerprint density at radius 3 is 2.28 bits per heavy atom. The summed E-state index contributed by atoms with van der Waals surface area (Å²) in [5, 5.41) is 3.47. The average Bonchev–Trinajstić information content (AvgIpc) is 3.31. The summed E-state index contributed by atoms with van der Waals surface area (Å²) in [5.41, 5.74) is 1.05. The molecule has 3 aliphatic rings. The van der Waals surface area contributed by atoms with Crippen molar-refractivity contribution >= 4 is 0 Å². The summed E-state index contributed by atoms with van der Waals surface area (Å²) >= 11 is 0. The van der Waals surface area contributed by atoms with E-state index in [4.69, 9.17) is 0 Å². The standard InChI is InChI=1S/C18H22F3N3O/c19-18(20,21)25-17-5-1-13(2-6-17)14-9-16(11-22-10-14)24-8-7-23(12-24)15-3-4-15/h1-2,5-8,14-16,22H,3-4,9-12H2. The maximum absolute atomic E-state index is 12.3. The van der Waals surface area contributed by atoms with Crippen molar-refractivity contribution in [3.63, 3.8) is 0 Å². The third kappa shape index (κ3) is 4.03. The van der Waals surface area contributed by atoms with Crippen LogP contribution in [0.25, 0.3) is 0 Å². The maximum atomic E-state index is 12.3. The van der Waals surface area contributed by atoms with E-state index in [0.29, 0.717) is 12.0 Å². The van der Waals surface area contributed by atoms with E-state index in [2.05, 4.69) is 32.3 Å². The van der Waals surface area contributed by atoms with Crippen molar-refractivity contribution in [2.75, 3.05) is 19.8 Å². The molecule has 2 heterocycles. The zero-order valence-corrected chi connectivity index (χ0v) is 13.9. The van der Waals surface area contributed by atoms with Gasteiger partial charge in [0.15, 0.2) is 0 Å². The summed E-state index contributed by atoms with van der Waals surface area (Å²) in [5.74, 6) is 0.126. The van der Waals surface area contributed by atoms with Crippen LogP contribution < -0.4 is 10.1 Å². The lowest BCUT2D eigenvalue weighted by atomic mass is 9.88. The Bertz CT molecular complexity index is 627. The van der Waals surface area contributed by atoms with Crippen molar-refractivity contribution < 1.29 is 17.9 Å². The van der Waals surface area contributed by atoms with E-state index in [9.17, 15) is 13.2 Å². The van der Waals surface area contributed by atoms with E-state index in [0.717, 1.165) is 37.8 Å². The molecular formula is C18H22F3N3O. The van der Waals surface area contributed by atoms with Gasteiger partial charge in [-0.05, 0) is 42.9 Å². The largest absolute Gasteiger partial charge is 0.573 e. The fourth-order valence-corrected chi connectivity index (χ4v) is 3.70. The topological polar surface area (TPSA) is 27.7 Å². The zero-order valence-electron chi connectivity index (χ0n) is 13.9. The van der Waals surface area contributed by atoms with Crippen LogP contribution in [0.2, 0.25) is 0 Å². The molecule has 1 saturated carbocycles. The SMILES string of the molecule is FC(F)(F)Oc1ccc(C2CNCC(N3C=CN(C4CC4)C3)C2)cc1. The predicted molar refractivity (Wildman–Crippen MR) is 87.8 cm³/mol. The van der Waals surface area contributed by atoms with Gasteiger partial charge in [0.05, 0.1) is 6.67 Å². The summed E-state index contributed by atoms with van der Waals surface area (Å²) in [4.78, 5) is 4.77. The van der Waals surface area contributed by atoms with Crippen LogP contribution in [-0.4, -0.2) is 48.0 Å². The number of ether oxygens (including phenoxy) is 1. The molecule has 1 aromatic carbocycles. The van der Waals surface area contributed by atoms with Crippen LogP contribution in [-0.2, 0) is 0 Å². The Labute approximate surface area is 145 Å². The second kappa shape index (κ2) is 6.44. The molecule has 1 N–H and O–H groups in total. The number of benzene rings is 1. The number of halogens is 3. The van der Waals surface area contributed by atoms with Crippen molar-refractivity contribution in [2.45, 2.75) is 43.6 Å². The van der Waals surface area contributed by atoms with Gasteiger partial charge >= 0.3 is 6.36 Å². The smallest absolute Gasteiger partial charge is 0.406 e. The molecule has 0 spiro atoms. The lowest BCUT2D eigenvalue weighted by Gasteiger charge is -2.37. The molecule has 4 rings (SSSR count). The number of rotatable bonds is 4. The quantitative estimate of drug-likeness (QED) is 0.899. The minimum Gasteiger partial charge on any atom is -0.406 e. The Morgan fingerprint density at radius 2 is 1.64 bits per heavy atom. The molecule has 1 aromatic rings. The fourth-order valence-electron chi connectivity index (χ4n) is 3.70. The van der Waals surface area contributed by atoms with Crippen LogP contribution in [0, 0.1) is 0 Å². The Morgan fingerprint density at radius 1 is 0.960 bits per heavy atom. The van der Waals surface area contributed by atoms with Crippen molar-refractivity contribution in [2.24, 2.45) is 0 Å². The number of alkyl halides is 3. The van der Waals surface area contributed by atoms with Gasteiger partial charge in [-0.1, -0.05) is 12.1 Å². The summed E-state index contributed by atoms with van der Waals surface area (Å²) in [6.45, 7) is 2.73. The first-order valence-electron chi connectivity index (χ1n) is 8.74. The number of nitrogens with one attached hydrogen (secondary N) is 1. The summed E-state index contributed by atoms with van der Waals surface area (Å²) in [6, 6.07) is 7.41. The zero-order chi connectivity index (χ0) is 17.4. The van der Waals surface area contributed by atoms with Gasteiger partial charge in [-0.2, -0.15) is 0 Å². The van der Waals surface area contributed by atoms with E-state index in [1.54, 1.807) is 12.1 Å². The third-order valence-electron chi connectivity index (χ3n) is 5.17. The fraction of sp³-hybridized carbons (Fsp3) is 0.556. The van der Waals surface area contributed by atoms with E-state index in [1.807, 2.05) is 0 Å². The molecule has 1 aliphatic carbocycles. The highest BCUT2D eigenvalue weighted by atomic mass is 19.4. The summed E-state index contributed by atoms with van der Waals surface area (Å²) in [6.07, 6.45) is 3.29. The first-order chi connectivity index (χ1) is 12.0. The molecular weight excluding hydrogens is 331 g/mol. The highest BCUT2D eigenvalue weighted by Crippen LogP contribution is 2.33. The third-order valence-corrected chi connectivity index (χ3v) is 5.17. The van der Waals surface area contributed by atoms with Crippen LogP contribution in [0.3, 0.4) is 0 Å². The first-order valence-corrected chi connectivity index (χ1v) is 8.74. The summed E-state index contributed by atoms with van der Waals surface area (Å²) in [7, 11) is 0. The number of nitrogens with zero attached hydrogens (tertiary/aromatic N) is 2. The highest BCUT2D eigenvalue weighted by molar-refractivity contribution is 5.30. The molecule has 0 radical (unpaired) electrons. The number of hydrogen-bond donors (Lipinski definition) is 1. The number of piperidine rings is 1. The lowest BCUT2D eigenvalue weighted by molar-refractivity contribution is -0.274. The first kappa shape index (κ1) is 16.6. The molecule has 25 heavy (non-hydrogen) atoms. The van der Waals surface area contributed by atoms with Gasteiger partial charge in [-0.25, -0.2) is 0 Å². The Balaban J connectivity index is 1.37. The van der Waals surface area contributed by atoms with Gasteiger partial charge < -0.3 is 19.9 Å². The highest BCUT2D eigenvalue weighted by Gasteiger charge is 2.34. The molecule has 1 saturated heterocycles. The Hall–Kier alpha value is -1.89. The van der Waals surface area contributed by atoms with Gasteiger partial charge in [-0.15, -0.1) is 13.2 Å². The van der Waals surface area contributed by atoms with Gasteiger partial charge in [0, 0.05) is 37.6 Å². The maximum Gasteiger partial charge on any atom is 0.573 e. The average molecular weight is 353 g/mol. The van der Waals surface area contributed by atoms with Crippen molar-refractivity contribution in [3.8, 4) is 5.75 Å². The molecule has 0 bridgehead atoms. The lowest BCUT2D eigenvalue weighted by Crippen LogP contribution is -2.47. The molecule has 4 nitrogen and oxygen atoms in total. The van der Waals surface area contributed by atoms with Crippen LogP contribution in [0.4, 0.5) is 13.2 Å². The summed E-state index contributed by atoms with van der Waals surface area (Å²) < 4.78 is 40.7. The van der Waals surface area contributed by atoms with E-state index < -0.39 is 6.36 Å². The molecule has 2 atom stereocenters. The second-order valence-corrected chi connectivity index (χ2v) is 7.06. The molecule has 136 valence electrons.